The summed E-state index contributed by atoms with van der Waals surface area (Å²) in [6.45, 7) is 10.2. The molecule has 0 spiro atoms. The largest absolute Gasteiger partial charge is 0.371 e. The number of pyridine rings is 1. The number of nitrogens with zero attached hydrogens (tertiary/aromatic N) is 4. The van der Waals surface area contributed by atoms with Gasteiger partial charge in [0.2, 0.25) is 0 Å². The van der Waals surface area contributed by atoms with Crippen molar-refractivity contribution >= 4 is 5.69 Å². The Kier molecular flexibility index (Phi) is 7.67. The van der Waals surface area contributed by atoms with Gasteiger partial charge in [-0.3, -0.25) is 9.83 Å². The third-order valence-electron chi connectivity index (χ3n) is 5.89. The second kappa shape index (κ2) is 11.1. The van der Waals surface area contributed by atoms with Crippen molar-refractivity contribution in [2.45, 2.75) is 19.9 Å². The van der Waals surface area contributed by atoms with Crippen LogP contribution in [0.3, 0.4) is 0 Å². The quantitative estimate of drug-likeness (QED) is 0.198. The summed E-state index contributed by atoms with van der Waals surface area (Å²) >= 11 is 0. The monoisotopic (exact) mass is 631 g/mol. The van der Waals surface area contributed by atoms with Crippen molar-refractivity contribution in [1.29, 1.82) is 0 Å². The Bertz CT molecular complexity index is 1480. The van der Waals surface area contributed by atoms with Gasteiger partial charge in [-0.15, -0.1) is 59.2 Å². The number of hydrogen-bond acceptors (Lipinski definition) is 2. The molecule has 6 rings (SSSR count). The third-order valence-corrected chi connectivity index (χ3v) is 5.89. The zero-order valence-corrected chi connectivity index (χ0v) is 21.6. The van der Waals surface area contributed by atoms with Gasteiger partial charge in [0, 0.05) is 50.8 Å². The molecule has 4 nitrogen and oxygen atoms in total. The maximum atomic E-state index is 7.08. The number of imidazole rings is 1. The summed E-state index contributed by atoms with van der Waals surface area (Å²) in [5, 5.41) is 0. The fourth-order valence-corrected chi connectivity index (χ4v) is 4.14. The van der Waals surface area contributed by atoms with Gasteiger partial charge in [-0.25, -0.2) is 0 Å². The normalized spacial score (nSPS) is 11.1. The Labute approximate surface area is 219 Å². The molecule has 0 amide bonds. The minimum Gasteiger partial charge on any atom is -0.371 e. The number of benzene rings is 3. The van der Waals surface area contributed by atoms with Crippen molar-refractivity contribution in [3.8, 4) is 33.8 Å². The van der Waals surface area contributed by atoms with E-state index in [2.05, 4.69) is 56.6 Å². The van der Waals surface area contributed by atoms with E-state index in [1.807, 2.05) is 61.1 Å². The van der Waals surface area contributed by atoms with E-state index in [4.69, 9.17) is 6.57 Å². The standard InChI is InChI=1S/C19H13N2.C11H9N2.Ir/c1-14-11-19(16-9-6-10-17(12-16)20-2)21-13-18(14)15-7-4-3-5-8-15;1-2-4-10-9(3-1)5-7-13-8-6-12-11(10)13;/h3-8,10-13H,1H3;1-3,6,8H,5,7H2;/q2*-1;. The van der Waals surface area contributed by atoms with Crippen LogP contribution in [0.2, 0.25) is 0 Å². The van der Waals surface area contributed by atoms with Gasteiger partial charge in [0.05, 0.1) is 12.4 Å². The molecule has 0 atom stereocenters. The summed E-state index contributed by atoms with van der Waals surface area (Å²) in [6, 6.07) is 30.1. The minimum atomic E-state index is 0. The van der Waals surface area contributed by atoms with Crippen LogP contribution in [0, 0.1) is 25.6 Å². The van der Waals surface area contributed by atoms with Gasteiger partial charge < -0.3 is 9.55 Å². The zero-order valence-electron chi connectivity index (χ0n) is 19.2. The van der Waals surface area contributed by atoms with E-state index in [0.29, 0.717) is 5.69 Å². The molecule has 1 radical (unpaired) electrons. The van der Waals surface area contributed by atoms with Crippen molar-refractivity contribution in [2.24, 2.45) is 0 Å². The fourth-order valence-electron chi connectivity index (χ4n) is 4.14. The summed E-state index contributed by atoms with van der Waals surface area (Å²) in [4.78, 5) is 12.3. The van der Waals surface area contributed by atoms with Gasteiger partial charge in [-0.05, 0) is 30.2 Å². The van der Waals surface area contributed by atoms with E-state index in [1.165, 1.54) is 11.1 Å². The van der Waals surface area contributed by atoms with Crippen molar-refractivity contribution in [1.82, 2.24) is 14.5 Å². The van der Waals surface area contributed by atoms with Gasteiger partial charge in [0.25, 0.3) is 0 Å². The smallest absolute Gasteiger partial charge is 0.108 e. The van der Waals surface area contributed by atoms with Crippen molar-refractivity contribution < 1.29 is 20.1 Å². The molecule has 0 unspecified atom stereocenters. The van der Waals surface area contributed by atoms with Crippen LogP contribution in [0.15, 0.2) is 91.4 Å². The molecule has 173 valence electrons. The molecule has 5 heteroatoms. The van der Waals surface area contributed by atoms with Crippen LogP contribution >= 0.6 is 0 Å². The van der Waals surface area contributed by atoms with Gasteiger partial charge in [-0.1, -0.05) is 36.4 Å². The van der Waals surface area contributed by atoms with Crippen LogP contribution in [0.5, 0.6) is 0 Å². The van der Waals surface area contributed by atoms with E-state index < -0.39 is 0 Å². The summed E-state index contributed by atoms with van der Waals surface area (Å²) in [5.74, 6) is 1.06. The molecule has 1 aliphatic rings. The summed E-state index contributed by atoms with van der Waals surface area (Å²) in [7, 11) is 0. The van der Waals surface area contributed by atoms with Crippen LogP contribution in [0.4, 0.5) is 5.69 Å². The second-order valence-corrected chi connectivity index (χ2v) is 8.09. The van der Waals surface area contributed by atoms with E-state index in [9.17, 15) is 0 Å². The number of rotatable bonds is 2. The number of aryl methyl sites for hydroxylation is 3. The van der Waals surface area contributed by atoms with Gasteiger partial charge in [0.15, 0.2) is 0 Å². The summed E-state index contributed by atoms with van der Waals surface area (Å²) in [5.41, 5.74) is 8.28. The zero-order chi connectivity index (χ0) is 23.3. The maximum absolute atomic E-state index is 7.08. The molecular formula is C30H22IrN4-2. The Morgan fingerprint density at radius 2 is 1.83 bits per heavy atom. The van der Waals surface area contributed by atoms with Crippen molar-refractivity contribution in [2.75, 3.05) is 0 Å². The first-order valence-electron chi connectivity index (χ1n) is 11.2. The van der Waals surface area contributed by atoms with Crippen LogP contribution in [-0.4, -0.2) is 14.5 Å². The number of aromatic nitrogens is 3. The topological polar surface area (TPSA) is 35.1 Å². The van der Waals surface area contributed by atoms with Crippen molar-refractivity contribution in [3.05, 3.63) is 126 Å². The second-order valence-electron chi connectivity index (χ2n) is 8.09. The molecule has 0 aliphatic carbocycles. The molecule has 5 aromatic rings. The molecule has 3 aromatic carbocycles. The van der Waals surface area contributed by atoms with Gasteiger partial charge in [0.1, 0.15) is 5.69 Å². The molecule has 3 heterocycles. The molecule has 0 N–H and O–H groups in total. The van der Waals surface area contributed by atoms with Gasteiger partial charge in [-0.2, -0.15) is 6.07 Å². The Hall–Kier alpha value is -3.84. The molecule has 2 aromatic heterocycles. The predicted octanol–water partition coefficient (Wildman–Crippen LogP) is 6.98. The van der Waals surface area contributed by atoms with Crippen LogP contribution in [-0.2, 0) is 33.1 Å². The first-order valence-corrected chi connectivity index (χ1v) is 11.2. The fraction of sp³-hybridized carbons (Fsp3) is 0.100. The van der Waals surface area contributed by atoms with E-state index in [0.717, 1.165) is 46.7 Å². The van der Waals surface area contributed by atoms with Crippen LogP contribution in [0.1, 0.15) is 11.1 Å². The molecule has 0 fully saturated rings. The molecule has 0 bridgehead atoms. The van der Waals surface area contributed by atoms with Crippen LogP contribution in [0.25, 0.3) is 38.6 Å². The van der Waals surface area contributed by atoms with Gasteiger partial charge >= 0.3 is 0 Å². The maximum Gasteiger partial charge on any atom is 0.108 e. The minimum absolute atomic E-state index is 0. The average Bonchev–Trinajstić information content (AvgIpc) is 3.39. The number of fused-ring (bicyclic) bond motifs is 3. The summed E-state index contributed by atoms with van der Waals surface area (Å²) in [6.07, 6.45) is 6.86. The summed E-state index contributed by atoms with van der Waals surface area (Å²) < 4.78 is 2.18. The first-order chi connectivity index (χ1) is 16.7. The number of hydrogen-bond donors (Lipinski definition) is 0. The molecule has 1 aliphatic heterocycles. The average molecular weight is 631 g/mol. The molecule has 0 saturated carbocycles. The van der Waals surface area contributed by atoms with E-state index in [-0.39, 0.29) is 20.1 Å². The Morgan fingerprint density at radius 1 is 0.971 bits per heavy atom. The molecular weight excluding hydrogens is 609 g/mol. The van der Waals surface area contributed by atoms with Crippen LogP contribution < -0.4 is 0 Å². The van der Waals surface area contributed by atoms with Crippen molar-refractivity contribution in [3.63, 3.8) is 0 Å². The SMILES string of the molecule is [C-]#[N+]c1cc[c-]c(-c2cc(C)c(-c3ccccc3)cn2)c1.[Ir].[c-]1cccc2c1-c1nccn1CC2. The molecule has 35 heavy (non-hydrogen) atoms. The molecule has 0 saturated heterocycles. The Morgan fingerprint density at radius 3 is 2.63 bits per heavy atom. The predicted molar refractivity (Wildman–Crippen MR) is 135 cm³/mol. The van der Waals surface area contributed by atoms with E-state index in [1.54, 1.807) is 12.1 Å². The van der Waals surface area contributed by atoms with E-state index >= 15 is 0 Å². The Balaban J connectivity index is 0.000000177. The first kappa shape index (κ1) is 24.3. The third kappa shape index (κ3) is 5.30.